The standard InChI is InChI=1S/C16H23ClN2/c1-12(2)19-8-6-16(7-9-19)11-18(3)15-5-4-13(17)10-14(15)16/h4-5,10,12H,6-9,11H2,1-3H3. The average Bonchev–Trinajstić information content (AvgIpc) is 2.63. The first-order chi connectivity index (χ1) is 9.02. The second-order valence-electron chi connectivity index (χ2n) is 6.43. The van der Waals surface area contributed by atoms with E-state index < -0.39 is 0 Å². The number of piperidine rings is 1. The van der Waals surface area contributed by atoms with E-state index in [0.29, 0.717) is 11.5 Å². The molecule has 2 aliphatic rings. The molecule has 1 fully saturated rings. The first-order valence-electron chi connectivity index (χ1n) is 7.27. The van der Waals surface area contributed by atoms with Gasteiger partial charge in [-0.25, -0.2) is 0 Å². The van der Waals surface area contributed by atoms with Crippen molar-refractivity contribution in [2.24, 2.45) is 0 Å². The highest BCUT2D eigenvalue weighted by atomic mass is 35.5. The zero-order chi connectivity index (χ0) is 13.6. The zero-order valence-electron chi connectivity index (χ0n) is 12.1. The Morgan fingerprint density at radius 3 is 2.53 bits per heavy atom. The highest BCUT2D eigenvalue weighted by Crippen LogP contribution is 2.47. The minimum absolute atomic E-state index is 0.334. The van der Waals surface area contributed by atoms with E-state index in [9.17, 15) is 0 Å². The highest BCUT2D eigenvalue weighted by Gasteiger charge is 2.43. The van der Waals surface area contributed by atoms with Crippen LogP contribution in [-0.2, 0) is 5.41 Å². The number of rotatable bonds is 1. The molecular formula is C16H23ClN2. The molecule has 3 heteroatoms. The Morgan fingerprint density at radius 1 is 1.21 bits per heavy atom. The molecule has 0 radical (unpaired) electrons. The van der Waals surface area contributed by atoms with Crippen molar-refractivity contribution in [2.45, 2.75) is 38.1 Å². The van der Waals surface area contributed by atoms with E-state index in [0.717, 1.165) is 11.6 Å². The van der Waals surface area contributed by atoms with E-state index >= 15 is 0 Å². The van der Waals surface area contributed by atoms with Gasteiger partial charge in [0.15, 0.2) is 0 Å². The summed E-state index contributed by atoms with van der Waals surface area (Å²) in [7, 11) is 2.20. The molecule has 3 rings (SSSR count). The molecular weight excluding hydrogens is 256 g/mol. The lowest BCUT2D eigenvalue weighted by Crippen LogP contribution is -2.46. The number of halogens is 1. The fourth-order valence-electron chi connectivity index (χ4n) is 3.79. The van der Waals surface area contributed by atoms with Gasteiger partial charge in [-0.05, 0) is 63.5 Å². The van der Waals surface area contributed by atoms with Crippen molar-refractivity contribution in [2.75, 3.05) is 31.6 Å². The number of nitrogens with zero attached hydrogens (tertiary/aromatic N) is 2. The summed E-state index contributed by atoms with van der Waals surface area (Å²) in [5.41, 5.74) is 3.19. The molecule has 0 aromatic heterocycles. The van der Waals surface area contributed by atoms with E-state index in [2.05, 4.69) is 42.8 Å². The Morgan fingerprint density at radius 2 is 1.89 bits per heavy atom. The third-order valence-corrected chi connectivity index (χ3v) is 5.20. The van der Waals surface area contributed by atoms with Crippen molar-refractivity contribution in [3.8, 4) is 0 Å². The number of benzene rings is 1. The minimum Gasteiger partial charge on any atom is -0.373 e. The first kappa shape index (κ1) is 13.3. The molecule has 104 valence electrons. The Balaban J connectivity index is 1.90. The van der Waals surface area contributed by atoms with Gasteiger partial charge in [-0.2, -0.15) is 0 Å². The molecule has 2 heterocycles. The molecule has 2 aliphatic heterocycles. The van der Waals surface area contributed by atoms with Gasteiger partial charge in [-0.1, -0.05) is 11.6 Å². The number of fused-ring (bicyclic) bond motifs is 2. The molecule has 0 N–H and O–H groups in total. The second kappa shape index (κ2) is 4.68. The van der Waals surface area contributed by atoms with E-state index in [1.165, 1.54) is 37.2 Å². The second-order valence-corrected chi connectivity index (χ2v) is 6.86. The Hall–Kier alpha value is -0.730. The van der Waals surface area contributed by atoms with Crippen LogP contribution in [0.15, 0.2) is 18.2 Å². The number of hydrogen-bond donors (Lipinski definition) is 0. The molecule has 1 aromatic rings. The van der Waals surface area contributed by atoms with Crippen molar-refractivity contribution >= 4 is 17.3 Å². The quantitative estimate of drug-likeness (QED) is 0.775. The number of hydrogen-bond acceptors (Lipinski definition) is 2. The van der Waals surface area contributed by atoms with Gasteiger partial charge in [0.1, 0.15) is 0 Å². The van der Waals surface area contributed by atoms with Crippen molar-refractivity contribution in [3.63, 3.8) is 0 Å². The number of likely N-dealkylation sites (N-methyl/N-ethyl adjacent to an activating group) is 1. The molecule has 0 atom stereocenters. The van der Waals surface area contributed by atoms with Crippen molar-refractivity contribution in [3.05, 3.63) is 28.8 Å². The minimum atomic E-state index is 0.334. The van der Waals surface area contributed by atoms with Crippen molar-refractivity contribution in [1.82, 2.24) is 4.90 Å². The van der Waals surface area contributed by atoms with Crippen LogP contribution in [0.2, 0.25) is 5.02 Å². The maximum Gasteiger partial charge on any atom is 0.0410 e. The van der Waals surface area contributed by atoms with Gasteiger partial charge in [-0.3, -0.25) is 0 Å². The van der Waals surface area contributed by atoms with Crippen LogP contribution in [0.1, 0.15) is 32.3 Å². The lowest BCUT2D eigenvalue weighted by molar-refractivity contribution is 0.135. The lowest BCUT2D eigenvalue weighted by atomic mass is 9.74. The Bertz CT molecular complexity index is 476. The first-order valence-corrected chi connectivity index (χ1v) is 7.65. The van der Waals surface area contributed by atoms with Crippen molar-refractivity contribution in [1.29, 1.82) is 0 Å². The summed E-state index contributed by atoms with van der Waals surface area (Å²) in [6.07, 6.45) is 2.51. The van der Waals surface area contributed by atoms with Gasteiger partial charge in [0.25, 0.3) is 0 Å². The summed E-state index contributed by atoms with van der Waals surface area (Å²) < 4.78 is 0. The largest absolute Gasteiger partial charge is 0.373 e. The van der Waals surface area contributed by atoms with Crippen LogP contribution in [0, 0.1) is 0 Å². The van der Waals surface area contributed by atoms with Gasteiger partial charge in [0, 0.05) is 35.8 Å². The maximum atomic E-state index is 6.22. The number of likely N-dealkylation sites (tertiary alicyclic amines) is 1. The molecule has 0 unspecified atom stereocenters. The van der Waals surface area contributed by atoms with Crippen LogP contribution in [0.5, 0.6) is 0 Å². The van der Waals surface area contributed by atoms with Crippen LogP contribution >= 0.6 is 11.6 Å². The van der Waals surface area contributed by atoms with Gasteiger partial charge >= 0.3 is 0 Å². The zero-order valence-corrected chi connectivity index (χ0v) is 12.9. The van der Waals surface area contributed by atoms with Crippen LogP contribution in [0.25, 0.3) is 0 Å². The molecule has 0 amide bonds. The van der Waals surface area contributed by atoms with Crippen LogP contribution in [0.3, 0.4) is 0 Å². The summed E-state index contributed by atoms with van der Waals surface area (Å²) >= 11 is 6.22. The smallest absolute Gasteiger partial charge is 0.0410 e. The maximum absolute atomic E-state index is 6.22. The predicted octanol–water partition coefficient (Wildman–Crippen LogP) is 3.53. The third-order valence-electron chi connectivity index (χ3n) is 4.97. The Kier molecular flexibility index (Phi) is 3.26. The molecule has 1 spiro atoms. The summed E-state index contributed by atoms with van der Waals surface area (Å²) in [4.78, 5) is 4.99. The normalized spacial score (nSPS) is 22.3. The molecule has 0 aliphatic carbocycles. The molecule has 19 heavy (non-hydrogen) atoms. The van der Waals surface area contributed by atoms with Gasteiger partial charge in [0.05, 0.1) is 0 Å². The summed E-state index contributed by atoms with van der Waals surface area (Å²) in [5.74, 6) is 0. The SMILES string of the molecule is CC(C)N1CCC2(CC1)CN(C)c1ccc(Cl)cc12. The highest BCUT2D eigenvalue weighted by molar-refractivity contribution is 6.30. The summed E-state index contributed by atoms with van der Waals surface area (Å²) in [5, 5.41) is 0.875. The third kappa shape index (κ3) is 2.15. The van der Waals surface area contributed by atoms with E-state index in [4.69, 9.17) is 11.6 Å². The van der Waals surface area contributed by atoms with Crippen molar-refractivity contribution < 1.29 is 0 Å². The Labute approximate surface area is 121 Å². The fraction of sp³-hybridized carbons (Fsp3) is 0.625. The van der Waals surface area contributed by atoms with E-state index in [1.807, 2.05) is 6.07 Å². The van der Waals surface area contributed by atoms with Crippen LogP contribution in [0.4, 0.5) is 5.69 Å². The van der Waals surface area contributed by atoms with Crippen LogP contribution < -0.4 is 4.90 Å². The molecule has 2 nitrogen and oxygen atoms in total. The lowest BCUT2D eigenvalue weighted by Gasteiger charge is -2.41. The number of anilines is 1. The molecule has 0 saturated carbocycles. The van der Waals surface area contributed by atoms with Crippen LogP contribution in [-0.4, -0.2) is 37.6 Å². The molecule has 0 bridgehead atoms. The summed E-state index contributed by atoms with van der Waals surface area (Å²) in [6.45, 7) is 8.15. The predicted molar refractivity (Wildman–Crippen MR) is 82.3 cm³/mol. The average molecular weight is 279 g/mol. The monoisotopic (exact) mass is 278 g/mol. The van der Waals surface area contributed by atoms with E-state index in [-0.39, 0.29) is 0 Å². The summed E-state index contributed by atoms with van der Waals surface area (Å²) in [6, 6.07) is 7.06. The topological polar surface area (TPSA) is 6.48 Å². The van der Waals surface area contributed by atoms with Gasteiger partial charge in [-0.15, -0.1) is 0 Å². The van der Waals surface area contributed by atoms with E-state index in [1.54, 1.807) is 0 Å². The van der Waals surface area contributed by atoms with Gasteiger partial charge < -0.3 is 9.80 Å². The fourth-order valence-corrected chi connectivity index (χ4v) is 3.96. The molecule has 1 saturated heterocycles. The molecule has 1 aromatic carbocycles. The van der Waals surface area contributed by atoms with Gasteiger partial charge in [0.2, 0.25) is 0 Å².